The number of nitrogens with zero attached hydrogens (tertiary/aromatic N) is 5. The van der Waals surface area contributed by atoms with Crippen LogP contribution in [-0.4, -0.2) is 63.3 Å². The average Bonchev–Trinajstić information content (AvgIpc) is 3.16. The van der Waals surface area contributed by atoms with Crippen LogP contribution in [0.1, 0.15) is 63.3 Å². The third-order valence-corrected chi connectivity index (χ3v) is 8.42. The first-order valence-corrected chi connectivity index (χ1v) is 12.6. The summed E-state index contributed by atoms with van der Waals surface area (Å²) in [6, 6.07) is 3.93. The first kappa shape index (κ1) is 23.6. The fourth-order valence-electron chi connectivity index (χ4n) is 6.16. The van der Waals surface area contributed by atoms with Crippen LogP contribution in [0.15, 0.2) is 18.3 Å². The van der Waals surface area contributed by atoms with E-state index >= 15 is 0 Å². The Kier molecular flexibility index (Phi) is 6.13. The molecule has 2 aromatic heterocycles. The number of pyridine rings is 1. The van der Waals surface area contributed by atoms with Crippen LogP contribution in [0.25, 0.3) is 11.3 Å². The third kappa shape index (κ3) is 4.21. The van der Waals surface area contributed by atoms with Crippen molar-refractivity contribution in [2.45, 2.75) is 64.2 Å². The number of nitrogen functional groups attached to an aromatic ring is 1. The van der Waals surface area contributed by atoms with Gasteiger partial charge in [-0.05, 0) is 56.7 Å². The summed E-state index contributed by atoms with van der Waals surface area (Å²) in [5, 5.41) is 4.77. The molecule has 34 heavy (non-hydrogen) atoms. The lowest BCUT2D eigenvalue weighted by atomic mass is 10.0. The van der Waals surface area contributed by atoms with Gasteiger partial charge < -0.3 is 10.6 Å². The molecule has 0 aromatic carbocycles. The van der Waals surface area contributed by atoms with Gasteiger partial charge in [0.1, 0.15) is 5.82 Å². The van der Waals surface area contributed by atoms with Crippen LogP contribution in [0, 0.1) is 11.8 Å². The van der Waals surface area contributed by atoms with Crippen molar-refractivity contribution in [2.24, 2.45) is 11.8 Å². The van der Waals surface area contributed by atoms with Crippen LogP contribution in [0.5, 0.6) is 0 Å². The molecule has 1 saturated heterocycles. The molecule has 3 atom stereocenters. The number of alkyl halides is 3. The molecule has 2 N–H and O–H groups in total. The number of fused-ring (bicyclic) bond motifs is 1. The third-order valence-electron chi connectivity index (χ3n) is 8.42. The van der Waals surface area contributed by atoms with Crippen LogP contribution < -0.4 is 5.73 Å². The highest BCUT2D eigenvalue weighted by molar-refractivity contribution is 5.63. The van der Waals surface area contributed by atoms with Crippen LogP contribution in [-0.2, 0) is 6.18 Å². The van der Waals surface area contributed by atoms with Crippen molar-refractivity contribution in [2.75, 3.05) is 38.5 Å². The minimum Gasteiger partial charge on any atom is -0.383 e. The topological polar surface area (TPSA) is 63.2 Å². The number of nitrogens with two attached hydrogens (primary N) is 1. The molecular weight excluding hydrogens is 441 g/mol. The van der Waals surface area contributed by atoms with Crippen molar-refractivity contribution in [3.63, 3.8) is 0 Å². The van der Waals surface area contributed by atoms with Gasteiger partial charge in [0.25, 0.3) is 0 Å². The van der Waals surface area contributed by atoms with Gasteiger partial charge in [0.15, 0.2) is 0 Å². The van der Waals surface area contributed by atoms with Crippen molar-refractivity contribution in [3.8, 4) is 11.3 Å². The first-order chi connectivity index (χ1) is 16.2. The van der Waals surface area contributed by atoms with Gasteiger partial charge in [0.2, 0.25) is 0 Å². The molecule has 3 fully saturated rings. The fourth-order valence-corrected chi connectivity index (χ4v) is 6.16. The Morgan fingerprint density at radius 2 is 1.76 bits per heavy atom. The number of hydrogen-bond donors (Lipinski definition) is 1. The lowest BCUT2D eigenvalue weighted by Crippen LogP contribution is -2.49. The maximum Gasteiger partial charge on any atom is 0.419 e. The molecule has 0 bridgehead atoms. The molecule has 0 amide bonds. The Hall–Kier alpha value is -2.13. The molecule has 2 saturated carbocycles. The van der Waals surface area contributed by atoms with E-state index in [2.05, 4.69) is 40.2 Å². The molecule has 6 nitrogen and oxygen atoms in total. The average molecular weight is 477 g/mol. The number of hydrogen-bond acceptors (Lipinski definition) is 5. The van der Waals surface area contributed by atoms with Crippen LogP contribution >= 0.6 is 0 Å². The monoisotopic (exact) mass is 476 g/mol. The predicted octanol–water partition coefficient (Wildman–Crippen LogP) is 4.65. The summed E-state index contributed by atoms with van der Waals surface area (Å²) in [6.45, 7) is 12.2. The van der Waals surface area contributed by atoms with Gasteiger partial charge >= 0.3 is 6.18 Å². The summed E-state index contributed by atoms with van der Waals surface area (Å²) >= 11 is 0. The zero-order valence-corrected chi connectivity index (χ0v) is 20.2. The highest BCUT2D eigenvalue weighted by Gasteiger charge is 2.58. The Morgan fingerprint density at radius 1 is 1.09 bits per heavy atom. The number of aromatic nitrogens is 3. The zero-order chi connectivity index (χ0) is 24.2. The minimum absolute atomic E-state index is 0.187. The van der Waals surface area contributed by atoms with E-state index < -0.39 is 17.6 Å². The molecule has 3 aliphatic rings. The molecule has 3 heterocycles. The molecule has 2 aromatic rings. The summed E-state index contributed by atoms with van der Waals surface area (Å²) in [5.41, 5.74) is 6.68. The van der Waals surface area contributed by atoms with E-state index in [0.717, 1.165) is 45.2 Å². The van der Waals surface area contributed by atoms with Crippen molar-refractivity contribution < 1.29 is 13.2 Å². The second-order valence-electron chi connectivity index (χ2n) is 10.3. The van der Waals surface area contributed by atoms with Crippen molar-refractivity contribution in [1.82, 2.24) is 24.6 Å². The highest BCUT2D eigenvalue weighted by Crippen LogP contribution is 2.64. The summed E-state index contributed by atoms with van der Waals surface area (Å²) in [4.78, 5) is 9.00. The van der Waals surface area contributed by atoms with E-state index in [-0.39, 0.29) is 6.04 Å². The van der Waals surface area contributed by atoms with Gasteiger partial charge in [-0.25, -0.2) is 4.98 Å². The number of piperazine rings is 1. The number of halogens is 3. The van der Waals surface area contributed by atoms with Gasteiger partial charge in [-0.2, -0.15) is 18.3 Å². The maximum absolute atomic E-state index is 13.4. The lowest BCUT2D eigenvalue weighted by molar-refractivity contribution is -0.137. The minimum atomic E-state index is -4.54. The molecule has 186 valence electrons. The molecule has 2 aliphatic carbocycles. The first-order valence-electron chi connectivity index (χ1n) is 12.6. The summed E-state index contributed by atoms with van der Waals surface area (Å²) in [6.07, 6.45) is 0.195. The Morgan fingerprint density at radius 3 is 2.35 bits per heavy atom. The van der Waals surface area contributed by atoms with Crippen LogP contribution in [0.2, 0.25) is 0 Å². The number of anilines is 1. The summed E-state index contributed by atoms with van der Waals surface area (Å²) in [5.74, 6) is 1.25. The van der Waals surface area contributed by atoms with E-state index in [1.807, 2.05) is 6.07 Å². The van der Waals surface area contributed by atoms with Gasteiger partial charge in [0, 0.05) is 61.6 Å². The highest BCUT2D eigenvalue weighted by atomic mass is 19.4. The lowest BCUT2D eigenvalue weighted by Gasteiger charge is -2.38. The molecule has 9 heteroatoms. The van der Waals surface area contributed by atoms with Crippen LogP contribution in [0.4, 0.5) is 19.0 Å². The van der Waals surface area contributed by atoms with Crippen LogP contribution in [0.3, 0.4) is 0 Å². The van der Waals surface area contributed by atoms with Crippen molar-refractivity contribution >= 4 is 5.82 Å². The van der Waals surface area contributed by atoms with E-state index in [4.69, 9.17) is 10.8 Å². The Balaban J connectivity index is 1.35. The van der Waals surface area contributed by atoms with E-state index in [0.29, 0.717) is 35.1 Å². The second-order valence-corrected chi connectivity index (χ2v) is 10.3. The summed E-state index contributed by atoms with van der Waals surface area (Å²) < 4.78 is 42.2. The SMILES string of the molecule is CCC(C)n1nc(-c2cnc(N)c(C(F)(F)F)c2)cc1C1C2CC(N3CCN(CC)CC3)CC21. The van der Waals surface area contributed by atoms with Crippen molar-refractivity contribution in [1.29, 1.82) is 0 Å². The summed E-state index contributed by atoms with van der Waals surface area (Å²) in [7, 11) is 0. The normalized spacial score (nSPS) is 28.8. The number of likely N-dealkylation sites (N-methyl/N-ethyl adjacent to an activating group) is 1. The molecular formula is C25H35F3N6. The molecule has 1 aliphatic heterocycles. The van der Waals surface area contributed by atoms with Gasteiger partial charge in [-0.1, -0.05) is 13.8 Å². The quantitative estimate of drug-likeness (QED) is 0.658. The molecule has 5 rings (SSSR count). The van der Waals surface area contributed by atoms with E-state index in [9.17, 15) is 13.2 Å². The maximum atomic E-state index is 13.4. The predicted molar refractivity (Wildman–Crippen MR) is 126 cm³/mol. The molecule has 0 radical (unpaired) electrons. The smallest absolute Gasteiger partial charge is 0.383 e. The van der Waals surface area contributed by atoms with Gasteiger partial charge in [0.05, 0.1) is 11.3 Å². The molecule has 0 spiro atoms. The fraction of sp³-hybridized carbons (Fsp3) is 0.680. The van der Waals surface area contributed by atoms with Gasteiger partial charge in [-0.15, -0.1) is 0 Å². The number of rotatable bonds is 6. The zero-order valence-electron chi connectivity index (χ0n) is 20.2. The molecule has 3 unspecified atom stereocenters. The Bertz CT molecular complexity index is 1010. The largest absolute Gasteiger partial charge is 0.419 e. The van der Waals surface area contributed by atoms with E-state index in [1.165, 1.54) is 24.7 Å². The van der Waals surface area contributed by atoms with Crippen molar-refractivity contribution in [3.05, 3.63) is 29.6 Å². The standard InChI is InChI=1S/C25H35F3N6/c1-4-15(3)34-22(13-21(31-34)16-10-20(25(26,27)28)24(29)30-14-16)23-18-11-17(12-19(18)23)33-8-6-32(5-2)7-9-33/h10,13-15,17-19,23H,4-9,11-12H2,1-3H3,(H2,29,30). The second kappa shape index (κ2) is 8.82. The van der Waals surface area contributed by atoms with Gasteiger partial charge in [-0.3, -0.25) is 9.58 Å². The Labute approximate surface area is 199 Å². The van der Waals surface area contributed by atoms with E-state index in [1.54, 1.807) is 0 Å².